The number of hydrogen-bond acceptors (Lipinski definition) is 4. The van der Waals surface area contributed by atoms with Crippen LogP contribution in [0.15, 0.2) is 47.8 Å². The van der Waals surface area contributed by atoms with Gasteiger partial charge in [0, 0.05) is 18.0 Å². The molecule has 1 aliphatic rings. The number of nitrogens with zero attached hydrogens (tertiary/aromatic N) is 3. The number of aromatic nitrogens is 3. The Morgan fingerprint density at radius 1 is 1.28 bits per heavy atom. The molecule has 0 bridgehead atoms. The molecule has 2 heterocycles. The molecule has 0 radical (unpaired) electrons. The Hall–Kier alpha value is -2.41. The molecule has 1 unspecified atom stereocenters. The van der Waals surface area contributed by atoms with E-state index >= 15 is 0 Å². The number of amides is 1. The van der Waals surface area contributed by atoms with E-state index in [4.69, 9.17) is 4.98 Å². The molecule has 1 fully saturated rings. The quantitative estimate of drug-likeness (QED) is 0.562. The van der Waals surface area contributed by atoms with Crippen molar-refractivity contribution in [1.82, 2.24) is 19.9 Å². The standard InChI is InChI=1S/C22H25FN4OS/c1-2-19(21(28)25-16-9-4-5-10-16)27-20-18(12-7-13-24-20)26-22(27)29-14-15-8-3-6-11-17(15)23/h3,6-8,11-13,16,19H,2,4-5,9-10,14H2,1H3,(H,25,28). The van der Waals surface area contributed by atoms with Crippen molar-refractivity contribution in [3.63, 3.8) is 0 Å². The average molecular weight is 413 g/mol. The van der Waals surface area contributed by atoms with Gasteiger partial charge in [0.25, 0.3) is 0 Å². The second kappa shape index (κ2) is 8.95. The van der Waals surface area contributed by atoms with Crippen molar-refractivity contribution in [1.29, 1.82) is 0 Å². The normalized spacial score (nSPS) is 15.7. The van der Waals surface area contributed by atoms with Crippen molar-refractivity contribution in [2.45, 2.75) is 62.0 Å². The third-order valence-corrected chi connectivity index (χ3v) is 6.44. The summed E-state index contributed by atoms with van der Waals surface area (Å²) in [6.07, 6.45) is 6.77. The van der Waals surface area contributed by atoms with E-state index in [1.807, 2.05) is 29.7 Å². The molecule has 1 aromatic carbocycles. The van der Waals surface area contributed by atoms with Crippen LogP contribution in [0.2, 0.25) is 0 Å². The number of benzene rings is 1. The lowest BCUT2D eigenvalue weighted by Crippen LogP contribution is -2.38. The number of carbonyl (C=O) groups excluding carboxylic acids is 1. The molecule has 3 aromatic rings. The molecule has 4 rings (SSSR count). The fraction of sp³-hybridized carbons (Fsp3) is 0.409. The molecule has 1 N–H and O–H groups in total. The van der Waals surface area contributed by atoms with Gasteiger partial charge in [0.2, 0.25) is 5.91 Å². The van der Waals surface area contributed by atoms with Crippen LogP contribution in [0.25, 0.3) is 11.2 Å². The van der Waals surface area contributed by atoms with Crippen LogP contribution in [0.3, 0.4) is 0 Å². The predicted molar refractivity (Wildman–Crippen MR) is 113 cm³/mol. The van der Waals surface area contributed by atoms with E-state index in [0.29, 0.717) is 28.5 Å². The summed E-state index contributed by atoms with van der Waals surface area (Å²) in [7, 11) is 0. The smallest absolute Gasteiger partial charge is 0.243 e. The summed E-state index contributed by atoms with van der Waals surface area (Å²) in [6.45, 7) is 2.00. The Morgan fingerprint density at radius 3 is 2.83 bits per heavy atom. The number of hydrogen-bond donors (Lipinski definition) is 1. The zero-order chi connectivity index (χ0) is 20.2. The number of thioether (sulfide) groups is 1. The lowest BCUT2D eigenvalue weighted by atomic mass is 10.1. The van der Waals surface area contributed by atoms with E-state index in [1.165, 1.54) is 30.7 Å². The molecular weight excluding hydrogens is 387 g/mol. The summed E-state index contributed by atoms with van der Waals surface area (Å²) in [5, 5.41) is 3.90. The molecule has 2 aromatic heterocycles. The molecule has 0 saturated heterocycles. The van der Waals surface area contributed by atoms with Gasteiger partial charge in [-0.1, -0.05) is 49.7 Å². The second-order valence-electron chi connectivity index (χ2n) is 7.40. The first kappa shape index (κ1) is 19.9. The fourth-order valence-corrected chi connectivity index (χ4v) is 4.94. The van der Waals surface area contributed by atoms with Crippen LogP contribution in [0, 0.1) is 5.82 Å². The van der Waals surface area contributed by atoms with Gasteiger partial charge < -0.3 is 5.32 Å². The SMILES string of the molecule is CCC(C(=O)NC1CCCC1)n1c(SCc2ccccc2F)nc2cccnc21. The Labute approximate surface area is 174 Å². The maximum absolute atomic E-state index is 14.1. The highest BCUT2D eigenvalue weighted by molar-refractivity contribution is 7.98. The molecule has 1 atom stereocenters. The van der Waals surface area contributed by atoms with Crippen LogP contribution < -0.4 is 5.32 Å². The summed E-state index contributed by atoms with van der Waals surface area (Å²) in [6, 6.07) is 10.4. The maximum atomic E-state index is 14.1. The number of halogens is 1. The lowest BCUT2D eigenvalue weighted by molar-refractivity contribution is -0.125. The highest BCUT2D eigenvalue weighted by Gasteiger charge is 2.27. The third kappa shape index (κ3) is 4.29. The van der Waals surface area contributed by atoms with Crippen molar-refractivity contribution in [2.24, 2.45) is 0 Å². The molecule has 152 valence electrons. The molecule has 1 saturated carbocycles. The topological polar surface area (TPSA) is 59.8 Å². The van der Waals surface area contributed by atoms with Crippen molar-refractivity contribution < 1.29 is 9.18 Å². The molecule has 7 heteroatoms. The summed E-state index contributed by atoms with van der Waals surface area (Å²) in [4.78, 5) is 22.3. The minimum Gasteiger partial charge on any atom is -0.352 e. The van der Waals surface area contributed by atoms with Gasteiger partial charge in [-0.3, -0.25) is 9.36 Å². The van der Waals surface area contributed by atoms with Gasteiger partial charge in [-0.25, -0.2) is 14.4 Å². The molecule has 0 spiro atoms. The van der Waals surface area contributed by atoms with Crippen molar-refractivity contribution in [3.8, 4) is 0 Å². The van der Waals surface area contributed by atoms with Crippen LogP contribution in [0.5, 0.6) is 0 Å². The fourth-order valence-electron chi connectivity index (χ4n) is 3.90. The van der Waals surface area contributed by atoms with Crippen LogP contribution >= 0.6 is 11.8 Å². The first-order valence-corrected chi connectivity index (χ1v) is 11.2. The zero-order valence-corrected chi connectivity index (χ0v) is 17.3. The zero-order valence-electron chi connectivity index (χ0n) is 16.5. The highest BCUT2D eigenvalue weighted by Crippen LogP contribution is 2.31. The Morgan fingerprint density at radius 2 is 2.07 bits per heavy atom. The van der Waals surface area contributed by atoms with Crippen molar-refractivity contribution in [3.05, 3.63) is 54.0 Å². The molecule has 29 heavy (non-hydrogen) atoms. The molecule has 0 aliphatic heterocycles. The van der Waals surface area contributed by atoms with Crippen LogP contribution in [-0.2, 0) is 10.5 Å². The molecular formula is C22H25FN4OS. The number of fused-ring (bicyclic) bond motifs is 1. The first-order chi connectivity index (χ1) is 14.2. The van der Waals surface area contributed by atoms with Gasteiger partial charge in [0.1, 0.15) is 17.4 Å². The average Bonchev–Trinajstić information content (AvgIpc) is 3.36. The minimum absolute atomic E-state index is 0.0112. The second-order valence-corrected chi connectivity index (χ2v) is 8.35. The Bertz CT molecular complexity index is 999. The summed E-state index contributed by atoms with van der Waals surface area (Å²) in [5.41, 5.74) is 2.06. The van der Waals surface area contributed by atoms with Gasteiger partial charge in [-0.15, -0.1) is 0 Å². The molecule has 5 nitrogen and oxygen atoms in total. The molecule has 1 aliphatic carbocycles. The Kier molecular flexibility index (Phi) is 6.13. The van der Waals surface area contributed by atoms with Crippen molar-refractivity contribution in [2.75, 3.05) is 0 Å². The number of pyridine rings is 1. The lowest BCUT2D eigenvalue weighted by Gasteiger charge is -2.21. The van der Waals surface area contributed by atoms with Gasteiger partial charge in [-0.05, 0) is 43.0 Å². The minimum atomic E-state index is -0.390. The third-order valence-electron chi connectivity index (χ3n) is 5.43. The Balaban J connectivity index is 1.64. The van der Waals surface area contributed by atoms with E-state index in [0.717, 1.165) is 18.4 Å². The maximum Gasteiger partial charge on any atom is 0.243 e. The summed E-state index contributed by atoms with van der Waals surface area (Å²) < 4.78 is 16.0. The number of carbonyl (C=O) groups is 1. The van der Waals surface area contributed by atoms with Gasteiger partial charge in [0.05, 0.1) is 0 Å². The molecule has 1 amide bonds. The van der Waals surface area contributed by atoms with E-state index in [9.17, 15) is 9.18 Å². The largest absolute Gasteiger partial charge is 0.352 e. The number of rotatable bonds is 7. The highest BCUT2D eigenvalue weighted by atomic mass is 32.2. The van der Waals surface area contributed by atoms with Crippen molar-refractivity contribution >= 4 is 28.8 Å². The van der Waals surface area contributed by atoms with Crippen LogP contribution in [-0.4, -0.2) is 26.5 Å². The summed E-state index contributed by atoms with van der Waals surface area (Å²) in [5.74, 6) is 0.223. The van der Waals surface area contributed by atoms with E-state index in [2.05, 4.69) is 10.3 Å². The number of nitrogens with one attached hydrogen (secondary N) is 1. The monoisotopic (exact) mass is 412 g/mol. The summed E-state index contributed by atoms with van der Waals surface area (Å²) >= 11 is 1.44. The predicted octanol–water partition coefficient (Wildman–Crippen LogP) is 4.87. The van der Waals surface area contributed by atoms with Crippen LogP contribution in [0.4, 0.5) is 4.39 Å². The van der Waals surface area contributed by atoms with E-state index in [1.54, 1.807) is 18.3 Å². The van der Waals surface area contributed by atoms with Gasteiger partial charge in [-0.2, -0.15) is 0 Å². The first-order valence-electron chi connectivity index (χ1n) is 10.2. The van der Waals surface area contributed by atoms with Crippen LogP contribution in [0.1, 0.15) is 50.6 Å². The van der Waals surface area contributed by atoms with Gasteiger partial charge in [0.15, 0.2) is 10.8 Å². The van der Waals surface area contributed by atoms with Gasteiger partial charge >= 0.3 is 0 Å². The number of imidazole rings is 1. The van der Waals surface area contributed by atoms with E-state index in [-0.39, 0.29) is 17.8 Å². The van der Waals surface area contributed by atoms with E-state index < -0.39 is 6.04 Å².